The molecular formula is C6H8N2Se2. The fourth-order valence-corrected chi connectivity index (χ4v) is 3.23. The summed E-state index contributed by atoms with van der Waals surface area (Å²) >= 11 is 0.283. The van der Waals surface area contributed by atoms with Gasteiger partial charge in [0.25, 0.3) is 0 Å². The van der Waals surface area contributed by atoms with Gasteiger partial charge in [-0.25, -0.2) is 0 Å². The van der Waals surface area contributed by atoms with Crippen LogP contribution in [-0.2, 0) is 0 Å². The van der Waals surface area contributed by atoms with Crippen LogP contribution in [0.25, 0.3) is 0 Å². The van der Waals surface area contributed by atoms with E-state index in [1.807, 2.05) is 0 Å². The predicted molar refractivity (Wildman–Crippen MR) is 41.6 cm³/mol. The molecule has 0 spiro atoms. The second-order valence-corrected chi connectivity index (χ2v) is 6.16. The molecule has 0 rings (SSSR count). The molecule has 0 aromatic heterocycles. The molecule has 1 unspecified atom stereocenters. The van der Waals surface area contributed by atoms with Gasteiger partial charge in [-0.05, 0) is 0 Å². The van der Waals surface area contributed by atoms with E-state index in [1.54, 1.807) is 0 Å². The van der Waals surface area contributed by atoms with Crippen LogP contribution in [0.3, 0.4) is 0 Å². The average Bonchev–Trinajstić information content (AvgIpc) is 1.89. The van der Waals surface area contributed by atoms with Crippen molar-refractivity contribution in [1.82, 2.24) is 0 Å². The van der Waals surface area contributed by atoms with Crippen molar-refractivity contribution < 1.29 is 0 Å². The molecule has 0 aliphatic carbocycles. The van der Waals surface area contributed by atoms with Crippen LogP contribution in [-0.4, -0.2) is 29.9 Å². The Hall–Kier alpha value is 0.0190. The molecule has 0 aliphatic heterocycles. The van der Waals surface area contributed by atoms with Gasteiger partial charge in [-0.1, -0.05) is 0 Å². The second kappa shape index (κ2) is 7.13. The molecule has 0 saturated heterocycles. The summed E-state index contributed by atoms with van der Waals surface area (Å²) in [6.07, 6.45) is 1.06. The third-order valence-corrected chi connectivity index (χ3v) is 3.70. The van der Waals surface area contributed by atoms with E-state index in [1.165, 1.54) is 0 Å². The van der Waals surface area contributed by atoms with Gasteiger partial charge >= 0.3 is 73.9 Å². The molecule has 0 saturated carbocycles. The van der Waals surface area contributed by atoms with E-state index in [2.05, 4.69) is 16.9 Å². The fourth-order valence-electron chi connectivity index (χ4n) is 0.419. The molecule has 54 valence electrons. The Kier molecular flexibility index (Phi) is 7.14. The molecule has 4 heteroatoms. The van der Waals surface area contributed by atoms with Crippen LogP contribution < -0.4 is 0 Å². The Morgan fingerprint density at radius 1 is 1.40 bits per heavy atom. The summed E-state index contributed by atoms with van der Waals surface area (Å²) in [5.74, 6) is 0. The average molecular weight is 266 g/mol. The number of nitriles is 2. The summed E-state index contributed by atoms with van der Waals surface area (Å²) in [4.78, 5) is 4.87. The van der Waals surface area contributed by atoms with E-state index in [0.717, 1.165) is 11.7 Å². The van der Waals surface area contributed by atoms with Crippen LogP contribution in [0.15, 0.2) is 0 Å². The van der Waals surface area contributed by atoms with Gasteiger partial charge in [0.2, 0.25) is 0 Å². The molecule has 0 N–H and O–H groups in total. The third kappa shape index (κ3) is 6.14. The Balaban J connectivity index is 3.16. The van der Waals surface area contributed by atoms with Crippen LogP contribution in [0.5, 0.6) is 0 Å². The van der Waals surface area contributed by atoms with Crippen molar-refractivity contribution in [2.75, 3.05) is 0 Å². The second-order valence-electron chi connectivity index (χ2n) is 1.75. The van der Waals surface area contributed by atoms with Crippen LogP contribution in [0.2, 0.25) is 10.1 Å². The van der Waals surface area contributed by atoms with E-state index in [0.29, 0.717) is 4.82 Å². The van der Waals surface area contributed by atoms with Gasteiger partial charge in [0.05, 0.1) is 0 Å². The third-order valence-electron chi connectivity index (χ3n) is 0.945. The van der Waals surface area contributed by atoms with E-state index in [4.69, 9.17) is 10.5 Å². The topological polar surface area (TPSA) is 47.6 Å². The molecule has 2 nitrogen and oxygen atoms in total. The summed E-state index contributed by atoms with van der Waals surface area (Å²) in [6.45, 7) is 2.08. The van der Waals surface area contributed by atoms with Crippen molar-refractivity contribution in [3.63, 3.8) is 0 Å². The van der Waals surface area contributed by atoms with Gasteiger partial charge in [-0.3, -0.25) is 0 Å². The standard InChI is InChI=1S/C6H8N2Se2/c1-6(10-5-8)2-3-9-4-7/h6H,2-3H2,1H3. The quantitative estimate of drug-likeness (QED) is 0.562. The minimum atomic E-state index is 0.130. The Labute approximate surface area is 73.9 Å². The minimum absolute atomic E-state index is 0.130. The molecule has 0 radical (unpaired) electrons. The summed E-state index contributed by atoms with van der Waals surface area (Å²) in [6, 6.07) is 0. The number of hydrogen-bond acceptors (Lipinski definition) is 2. The van der Waals surface area contributed by atoms with Crippen molar-refractivity contribution in [2.24, 2.45) is 0 Å². The Bertz CT molecular complexity index is 156. The number of rotatable bonds is 4. The van der Waals surface area contributed by atoms with Crippen molar-refractivity contribution in [2.45, 2.75) is 23.5 Å². The molecule has 0 bridgehead atoms. The van der Waals surface area contributed by atoms with Crippen LogP contribution in [0.1, 0.15) is 13.3 Å². The Morgan fingerprint density at radius 3 is 2.60 bits per heavy atom. The van der Waals surface area contributed by atoms with Gasteiger partial charge in [-0.2, -0.15) is 0 Å². The maximum atomic E-state index is 8.31. The molecule has 10 heavy (non-hydrogen) atoms. The van der Waals surface area contributed by atoms with Gasteiger partial charge in [0.15, 0.2) is 0 Å². The number of hydrogen-bond donors (Lipinski definition) is 0. The van der Waals surface area contributed by atoms with Crippen LogP contribution in [0.4, 0.5) is 0 Å². The van der Waals surface area contributed by atoms with Gasteiger partial charge in [0, 0.05) is 0 Å². The molecular weight excluding hydrogens is 258 g/mol. The van der Waals surface area contributed by atoms with E-state index >= 15 is 0 Å². The summed E-state index contributed by atoms with van der Waals surface area (Å²) in [5, 5.41) is 17.5. The summed E-state index contributed by atoms with van der Waals surface area (Å²) < 4.78 is 0. The molecule has 1 atom stereocenters. The summed E-state index contributed by atoms with van der Waals surface area (Å²) in [7, 11) is 0. The van der Waals surface area contributed by atoms with Crippen molar-refractivity contribution in [1.29, 1.82) is 10.5 Å². The molecule has 0 aliphatic rings. The first-order valence-electron chi connectivity index (χ1n) is 2.87. The normalized spacial score (nSPS) is 11.5. The van der Waals surface area contributed by atoms with E-state index in [9.17, 15) is 0 Å². The van der Waals surface area contributed by atoms with Crippen molar-refractivity contribution >= 4 is 29.9 Å². The number of nitrogens with zero attached hydrogens (tertiary/aromatic N) is 2. The molecule has 0 aromatic carbocycles. The van der Waals surface area contributed by atoms with E-state index in [-0.39, 0.29) is 29.9 Å². The first-order valence-corrected chi connectivity index (χ1v) is 6.78. The van der Waals surface area contributed by atoms with Crippen molar-refractivity contribution in [3.8, 4) is 9.94 Å². The zero-order chi connectivity index (χ0) is 7.82. The maximum absolute atomic E-state index is 8.31. The molecule has 0 amide bonds. The monoisotopic (exact) mass is 268 g/mol. The Morgan fingerprint density at radius 2 is 2.10 bits per heavy atom. The predicted octanol–water partition coefficient (Wildman–Crippen LogP) is 0.974. The van der Waals surface area contributed by atoms with Crippen molar-refractivity contribution in [3.05, 3.63) is 0 Å². The van der Waals surface area contributed by atoms with Gasteiger partial charge < -0.3 is 0 Å². The van der Waals surface area contributed by atoms with Gasteiger partial charge in [-0.15, -0.1) is 0 Å². The fraction of sp³-hybridized carbons (Fsp3) is 0.667. The molecule has 0 fully saturated rings. The van der Waals surface area contributed by atoms with Crippen LogP contribution in [0, 0.1) is 20.5 Å². The zero-order valence-electron chi connectivity index (χ0n) is 5.70. The SMILES string of the molecule is CC(CC[Se]C#N)[Se]C#N. The molecule has 0 heterocycles. The van der Waals surface area contributed by atoms with Crippen LogP contribution >= 0.6 is 0 Å². The summed E-state index contributed by atoms with van der Waals surface area (Å²) in [5.41, 5.74) is 0. The van der Waals surface area contributed by atoms with E-state index < -0.39 is 0 Å². The van der Waals surface area contributed by atoms with Gasteiger partial charge in [0.1, 0.15) is 0 Å². The molecule has 0 aromatic rings. The first-order chi connectivity index (χ1) is 4.81. The first kappa shape index (κ1) is 10.0. The zero-order valence-corrected chi connectivity index (χ0v) is 9.13.